The van der Waals surface area contributed by atoms with Crippen molar-refractivity contribution in [3.63, 3.8) is 0 Å². The van der Waals surface area contributed by atoms with Crippen LogP contribution in [0.2, 0.25) is 0 Å². The first-order valence-electron chi connectivity index (χ1n) is 13.3. The standard InChI is InChI=1S/C30H34N4O2S/c1-33-27-15-17-37-29(27)18-28(33)30(35)32-25-5-2-6-26-24(25)4-3-16-34(26)19-20-7-11-22(12-8-20)36-23-13-9-21(31)10-14-23/h2,5-8,11-12,15,17-18,21,23H,3-4,9-10,13-14,16,19,31H2,1H3,(H,32,35)/t21-,23+. The molecule has 7 heteroatoms. The maximum absolute atomic E-state index is 13.2. The zero-order valence-electron chi connectivity index (χ0n) is 21.3. The highest BCUT2D eigenvalue weighted by molar-refractivity contribution is 7.17. The maximum atomic E-state index is 13.2. The number of hydrogen-bond donors (Lipinski definition) is 2. The van der Waals surface area contributed by atoms with Gasteiger partial charge in [-0.25, -0.2) is 0 Å². The fourth-order valence-electron chi connectivity index (χ4n) is 5.73. The second kappa shape index (κ2) is 10.2. The molecule has 2 aliphatic rings. The molecule has 192 valence electrons. The average Bonchev–Trinajstić information content (AvgIpc) is 3.50. The molecule has 1 aliphatic carbocycles. The maximum Gasteiger partial charge on any atom is 0.272 e. The summed E-state index contributed by atoms with van der Waals surface area (Å²) < 4.78 is 9.31. The van der Waals surface area contributed by atoms with Gasteiger partial charge in [0.2, 0.25) is 0 Å². The van der Waals surface area contributed by atoms with Gasteiger partial charge in [0, 0.05) is 37.6 Å². The van der Waals surface area contributed by atoms with Crippen molar-refractivity contribution >= 4 is 38.8 Å². The van der Waals surface area contributed by atoms with Crippen molar-refractivity contribution in [1.82, 2.24) is 4.57 Å². The Morgan fingerprint density at radius 1 is 1.11 bits per heavy atom. The number of aromatic nitrogens is 1. The summed E-state index contributed by atoms with van der Waals surface area (Å²) in [5, 5.41) is 5.26. The molecule has 0 saturated heterocycles. The van der Waals surface area contributed by atoms with Gasteiger partial charge < -0.3 is 25.3 Å². The number of benzene rings is 2. The minimum atomic E-state index is -0.0630. The second-order valence-electron chi connectivity index (χ2n) is 10.3. The van der Waals surface area contributed by atoms with Gasteiger partial charge in [0.15, 0.2) is 0 Å². The molecular formula is C30H34N4O2S. The molecule has 2 aromatic heterocycles. The number of carbonyl (C=O) groups excluding carboxylic acids is 1. The first kappa shape index (κ1) is 24.1. The highest BCUT2D eigenvalue weighted by Gasteiger charge is 2.23. The van der Waals surface area contributed by atoms with Crippen LogP contribution in [0.15, 0.2) is 60.0 Å². The van der Waals surface area contributed by atoms with Crippen molar-refractivity contribution in [3.8, 4) is 5.75 Å². The van der Waals surface area contributed by atoms with Crippen molar-refractivity contribution in [1.29, 1.82) is 0 Å². The number of rotatable bonds is 6. The minimum absolute atomic E-state index is 0.0630. The molecular weight excluding hydrogens is 480 g/mol. The van der Waals surface area contributed by atoms with Crippen LogP contribution in [-0.4, -0.2) is 29.2 Å². The molecule has 2 aromatic carbocycles. The van der Waals surface area contributed by atoms with Gasteiger partial charge in [-0.05, 0) is 91.4 Å². The van der Waals surface area contributed by atoms with Crippen LogP contribution >= 0.6 is 11.3 Å². The van der Waals surface area contributed by atoms with E-state index in [0.29, 0.717) is 11.7 Å². The third-order valence-corrected chi connectivity index (χ3v) is 8.66. The Hall–Kier alpha value is -3.29. The van der Waals surface area contributed by atoms with E-state index in [4.69, 9.17) is 10.5 Å². The van der Waals surface area contributed by atoms with E-state index in [0.717, 1.165) is 73.3 Å². The number of amides is 1. The Bertz CT molecular complexity index is 1400. The molecule has 4 aromatic rings. The fraction of sp³-hybridized carbons (Fsp3) is 0.367. The zero-order valence-corrected chi connectivity index (χ0v) is 22.1. The van der Waals surface area contributed by atoms with E-state index >= 15 is 0 Å². The van der Waals surface area contributed by atoms with Crippen LogP contribution in [0.3, 0.4) is 0 Å². The molecule has 1 fully saturated rings. The van der Waals surface area contributed by atoms with Gasteiger partial charge >= 0.3 is 0 Å². The molecule has 3 heterocycles. The van der Waals surface area contributed by atoms with E-state index in [1.165, 1.54) is 16.8 Å². The van der Waals surface area contributed by atoms with Crippen LogP contribution in [0.5, 0.6) is 5.75 Å². The average molecular weight is 515 g/mol. The Balaban J connectivity index is 1.15. The molecule has 37 heavy (non-hydrogen) atoms. The van der Waals surface area contributed by atoms with Crippen LogP contribution < -0.4 is 20.7 Å². The number of carbonyl (C=O) groups is 1. The van der Waals surface area contributed by atoms with Gasteiger partial charge in [-0.3, -0.25) is 4.79 Å². The lowest BCUT2D eigenvalue weighted by molar-refractivity contribution is 0.101. The van der Waals surface area contributed by atoms with Crippen LogP contribution in [-0.2, 0) is 20.0 Å². The SMILES string of the molecule is Cn1c(C(=O)Nc2cccc3c2CCCN3Cc2ccc(O[C@H]3CC[C@@H](N)CC3)cc2)cc2sccc21. The smallest absolute Gasteiger partial charge is 0.272 e. The number of nitrogens with zero attached hydrogens (tertiary/aromatic N) is 2. The van der Waals surface area contributed by atoms with Gasteiger partial charge in [-0.2, -0.15) is 0 Å². The molecule has 6 nitrogen and oxygen atoms in total. The lowest BCUT2D eigenvalue weighted by Gasteiger charge is -2.33. The number of aryl methyl sites for hydroxylation is 1. The molecule has 1 amide bonds. The molecule has 0 radical (unpaired) electrons. The molecule has 6 rings (SSSR count). The summed E-state index contributed by atoms with van der Waals surface area (Å²) in [6.07, 6.45) is 6.46. The van der Waals surface area contributed by atoms with Crippen molar-refractivity contribution in [2.24, 2.45) is 12.8 Å². The van der Waals surface area contributed by atoms with E-state index in [1.54, 1.807) is 11.3 Å². The normalized spacial score (nSPS) is 19.6. The quantitative estimate of drug-likeness (QED) is 0.326. The Morgan fingerprint density at radius 3 is 2.70 bits per heavy atom. The van der Waals surface area contributed by atoms with Gasteiger partial charge in [-0.15, -0.1) is 11.3 Å². The molecule has 3 N–H and O–H groups in total. The van der Waals surface area contributed by atoms with E-state index in [-0.39, 0.29) is 12.0 Å². The second-order valence-corrected chi connectivity index (χ2v) is 11.3. The lowest BCUT2D eigenvalue weighted by atomic mass is 9.94. The number of anilines is 2. The number of ether oxygens (including phenoxy) is 1. The summed E-state index contributed by atoms with van der Waals surface area (Å²) in [7, 11) is 1.95. The first-order chi connectivity index (χ1) is 18.0. The molecule has 0 unspecified atom stereocenters. The topological polar surface area (TPSA) is 72.5 Å². The van der Waals surface area contributed by atoms with Gasteiger partial charge in [0.25, 0.3) is 5.91 Å². The molecule has 1 saturated carbocycles. The summed E-state index contributed by atoms with van der Waals surface area (Å²) in [6.45, 7) is 1.83. The van der Waals surface area contributed by atoms with Crippen LogP contribution in [0.25, 0.3) is 10.2 Å². The minimum Gasteiger partial charge on any atom is -0.490 e. The largest absolute Gasteiger partial charge is 0.490 e. The van der Waals surface area contributed by atoms with Crippen LogP contribution in [0, 0.1) is 0 Å². The number of thiophene rings is 1. The predicted octanol–water partition coefficient (Wildman–Crippen LogP) is 6.09. The molecule has 0 atom stereocenters. The highest BCUT2D eigenvalue weighted by atomic mass is 32.1. The predicted molar refractivity (Wildman–Crippen MR) is 152 cm³/mol. The summed E-state index contributed by atoms with van der Waals surface area (Å²) >= 11 is 1.66. The van der Waals surface area contributed by atoms with Crippen molar-refractivity contribution in [3.05, 3.63) is 76.8 Å². The van der Waals surface area contributed by atoms with Gasteiger partial charge in [0.1, 0.15) is 11.4 Å². The Labute approximate surface area is 222 Å². The zero-order chi connectivity index (χ0) is 25.4. The van der Waals surface area contributed by atoms with E-state index in [2.05, 4.69) is 52.0 Å². The van der Waals surface area contributed by atoms with E-state index < -0.39 is 0 Å². The van der Waals surface area contributed by atoms with Crippen molar-refractivity contribution < 1.29 is 9.53 Å². The third kappa shape index (κ3) is 4.98. The highest BCUT2D eigenvalue weighted by Crippen LogP contribution is 2.35. The van der Waals surface area contributed by atoms with Crippen molar-refractivity contribution in [2.45, 2.75) is 57.2 Å². The molecule has 1 aliphatic heterocycles. The summed E-state index contributed by atoms with van der Waals surface area (Å²) in [4.78, 5) is 15.6. The van der Waals surface area contributed by atoms with Crippen molar-refractivity contribution in [2.75, 3.05) is 16.8 Å². The summed E-state index contributed by atoms with van der Waals surface area (Å²) in [5.74, 6) is 0.876. The fourth-order valence-corrected chi connectivity index (χ4v) is 6.58. The number of nitrogens with one attached hydrogen (secondary N) is 1. The number of fused-ring (bicyclic) bond motifs is 2. The summed E-state index contributed by atoms with van der Waals surface area (Å²) in [6, 6.07) is 19.1. The summed E-state index contributed by atoms with van der Waals surface area (Å²) in [5.41, 5.74) is 12.4. The Morgan fingerprint density at radius 2 is 1.92 bits per heavy atom. The van der Waals surface area contributed by atoms with E-state index in [9.17, 15) is 4.79 Å². The van der Waals surface area contributed by atoms with E-state index in [1.807, 2.05) is 29.8 Å². The first-order valence-corrected chi connectivity index (χ1v) is 14.2. The number of nitrogens with two attached hydrogens (primary N) is 1. The molecule has 0 bridgehead atoms. The molecule has 0 spiro atoms. The van der Waals surface area contributed by atoms with Crippen LogP contribution in [0.4, 0.5) is 11.4 Å². The number of hydrogen-bond acceptors (Lipinski definition) is 5. The van der Waals surface area contributed by atoms with Gasteiger partial charge in [0.05, 0.1) is 16.3 Å². The van der Waals surface area contributed by atoms with Gasteiger partial charge in [-0.1, -0.05) is 18.2 Å². The monoisotopic (exact) mass is 514 g/mol. The lowest BCUT2D eigenvalue weighted by Crippen LogP contribution is -2.31. The third-order valence-electron chi connectivity index (χ3n) is 7.81. The Kier molecular flexibility index (Phi) is 6.65. The van der Waals surface area contributed by atoms with Crippen LogP contribution in [0.1, 0.15) is 53.7 Å².